The summed E-state index contributed by atoms with van der Waals surface area (Å²) in [7, 11) is 1.61. The normalized spacial score (nSPS) is 13.5. The number of aromatic nitrogens is 2. The van der Waals surface area contributed by atoms with Crippen LogP contribution in [0.4, 0.5) is 0 Å². The van der Waals surface area contributed by atoms with Crippen LogP contribution in [0, 0.1) is 0 Å². The third kappa shape index (κ3) is 3.08. The van der Waals surface area contributed by atoms with Crippen molar-refractivity contribution in [1.29, 1.82) is 0 Å². The van der Waals surface area contributed by atoms with Gasteiger partial charge < -0.3 is 14.6 Å². The quantitative estimate of drug-likeness (QED) is 0.774. The first-order chi connectivity index (χ1) is 6.63. The van der Waals surface area contributed by atoms with Gasteiger partial charge in [0.1, 0.15) is 6.10 Å². The lowest BCUT2D eigenvalue weighted by molar-refractivity contribution is 0.0886. The molecule has 0 fully saturated rings. The van der Waals surface area contributed by atoms with Crippen molar-refractivity contribution in [2.24, 2.45) is 0 Å². The van der Waals surface area contributed by atoms with E-state index in [0.29, 0.717) is 24.3 Å². The highest BCUT2D eigenvalue weighted by molar-refractivity contribution is 4.88. The standard InChI is InChI=1S/C9H17N3O2/c1-6(2)10-5-8-11-9(14-12-8)7(3)13-4/h6-7,10H,5H2,1-4H3. The maximum atomic E-state index is 5.06. The summed E-state index contributed by atoms with van der Waals surface area (Å²) in [6, 6.07) is 0.414. The van der Waals surface area contributed by atoms with Crippen molar-refractivity contribution in [1.82, 2.24) is 15.5 Å². The molecule has 0 amide bonds. The maximum absolute atomic E-state index is 5.06. The van der Waals surface area contributed by atoms with Crippen LogP contribution < -0.4 is 5.32 Å². The number of methoxy groups -OCH3 is 1. The fourth-order valence-electron chi connectivity index (χ4n) is 0.901. The summed E-state index contributed by atoms with van der Waals surface area (Å²) in [5, 5.41) is 7.03. The second-order valence-corrected chi connectivity index (χ2v) is 3.46. The maximum Gasteiger partial charge on any atom is 0.255 e. The molecule has 1 atom stereocenters. The number of nitrogens with one attached hydrogen (secondary N) is 1. The molecule has 0 bridgehead atoms. The van der Waals surface area contributed by atoms with Gasteiger partial charge in [0, 0.05) is 13.2 Å². The Morgan fingerprint density at radius 2 is 2.14 bits per heavy atom. The summed E-state index contributed by atoms with van der Waals surface area (Å²) in [5.41, 5.74) is 0. The van der Waals surface area contributed by atoms with Crippen LogP contribution >= 0.6 is 0 Å². The van der Waals surface area contributed by atoms with Gasteiger partial charge in [-0.3, -0.25) is 0 Å². The molecule has 0 spiro atoms. The Labute approximate surface area is 83.8 Å². The van der Waals surface area contributed by atoms with E-state index < -0.39 is 0 Å². The molecule has 1 N–H and O–H groups in total. The predicted octanol–water partition coefficient (Wildman–Crippen LogP) is 1.27. The molecule has 0 aliphatic carbocycles. The molecule has 5 nitrogen and oxygen atoms in total. The molecule has 0 saturated heterocycles. The van der Waals surface area contributed by atoms with Gasteiger partial charge in [0.15, 0.2) is 5.82 Å². The first kappa shape index (κ1) is 11.1. The monoisotopic (exact) mass is 199 g/mol. The highest BCUT2D eigenvalue weighted by atomic mass is 16.5. The van der Waals surface area contributed by atoms with Gasteiger partial charge in [0.2, 0.25) is 0 Å². The molecule has 1 aromatic rings. The molecule has 14 heavy (non-hydrogen) atoms. The van der Waals surface area contributed by atoms with E-state index in [9.17, 15) is 0 Å². The van der Waals surface area contributed by atoms with Crippen LogP contribution in [0.25, 0.3) is 0 Å². The molecule has 0 aliphatic heterocycles. The zero-order valence-electron chi connectivity index (χ0n) is 9.07. The Kier molecular flexibility index (Phi) is 4.03. The lowest BCUT2D eigenvalue weighted by atomic mass is 10.4. The zero-order valence-corrected chi connectivity index (χ0v) is 9.07. The van der Waals surface area contributed by atoms with Crippen molar-refractivity contribution >= 4 is 0 Å². The smallest absolute Gasteiger partial charge is 0.255 e. The second-order valence-electron chi connectivity index (χ2n) is 3.46. The SMILES string of the molecule is COC(C)c1nc(CNC(C)C)no1. The largest absolute Gasteiger partial charge is 0.372 e. The summed E-state index contributed by atoms with van der Waals surface area (Å²) in [6.45, 7) is 6.63. The second kappa shape index (κ2) is 5.07. The minimum Gasteiger partial charge on any atom is -0.372 e. The van der Waals surface area contributed by atoms with E-state index in [1.165, 1.54) is 0 Å². The molecule has 1 rings (SSSR count). The molecule has 1 aromatic heterocycles. The van der Waals surface area contributed by atoms with Crippen molar-refractivity contribution in [2.45, 2.75) is 39.5 Å². The molecule has 0 saturated carbocycles. The topological polar surface area (TPSA) is 60.2 Å². The zero-order chi connectivity index (χ0) is 10.6. The lowest BCUT2D eigenvalue weighted by Crippen LogP contribution is -2.22. The minimum atomic E-state index is -0.143. The van der Waals surface area contributed by atoms with E-state index in [2.05, 4.69) is 29.3 Å². The van der Waals surface area contributed by atoms with E-state index >= 15 is 0 Å². The van der Waals surface area contributed by atoms with Gasteiger partial charge in [0.25, 0.3) is 5.89 Å². The van der Waals surface area contributed by atoms with Crippen molar-refractivity contribution in [3.63, 3.8) is 0 Å². The van der Waals surface area contributed by atoms with Crippen LogP contribution in [0.2, 0.25) is 0 Å². The summed E-state index contributed by atoms with van der Waals surface area (Å²) >= 11 is 0. The average molecular weight is 199 g/mol. The van der Waals surface area contributed by atoms with Gasteiger partial charge in [0.05, 0.1) is 6.54 Å². The molecule has 1 heterocycles. The first-order valence-electron chi connectivity index (χ1n) is 4.72. The Bertz CT molecular complexity index is 273. The van der Waals surface area contributed by atoms with Crippen LogP contribution in [0.5, 0.6) is 0 Å². The Balaban J connectivity index is 2.50. The number of nitrogens with zero attached hydrogens (tertiary/aromatic N) is 2. The van der Waals surface area contributed by atoms with Gasteiger partial charge in [-0.2, -0.15) is 4.98 Å². The summed E-state index contributed by atoms with van der Waals surface area (Å²) in [6.07, 6.45) is -0.143. The third-order valence-corrected chi connectivity index (χ3v) is 1.85. The Hall–Kier alpha value is -0.940. The molecule has 0 aliphatic rings. The van der Waals surface area contributed by atoms with Crippen molar-refractivity contribution in [2.75, 3.05) is 7.11 Å². The molecular weight excluding hydrogens is 182 g/mol. The molecule has 0 aromatic carbocycles. The number of hydrogen-bond donors (Lipinski definition) is 1. The van der Waals surface area contributed by atoms with Crippen LogP contribution in [-0.4, -0.2) is 23.3 Å². The fourth-order valence-corrected chi connectivity index (χ4v) is 0.901. The van der Waals surface area contributed by atoms with E-state index in [-0.39, 0.29) is 6.10 Å². The summed E-state index contributed by atoms with van der Waals surface area (Å²) in [5.74, 6) is 1.19. The molecular formula is C9H17N3O2. The van der Waals surface area contributed by atoms with Crippen LogP contribution in [0.1, 0.15) is 38.6 Å². The van der Waals surface area contributed by atoms with Crippen LogP contribution in [0.15, 0.2) is 4.52 Å². The number of rotatable bonds is 5. The van der Waals surface area contributed by atoms with Gasteiger partial charge in [-0.25, -0.2) is 0 Å². The minimum absolute atomic E-state index is 0.143. The van der Waals surface area contributed by atoms with E-state index in [1.54, 1.807) is 7.11 Å². The van der Waals surface area contributed by atoms with Crippen molar-refractivity contribution in [3.05, 3.63) is 11.7 Å². The summed E-state index contributed by atoms with van der Waals surface area (Å²) < 4.78 is 10.1. The van der Waals surface area contributed by atoms with Gasteiger partial charge in [-0.05, 0) is 6.92 Å². The van der Waals surface area contributed by atoms with Crippen LogP contribution in [0.3, 0.4) is 0 Å². The molecule has 0 radical (unpaired) electrons. The Morgan fingerprint density at radius 3 is 2.71 bits per heavy atom. The number of hydrogen-bond acceptors (Lipinski definition) is 5. The number of ether oxygens (including phenoxy) is 1. The van der Waals surface area contributed by atoms with Gasteiger partial charge >= 0.3 is 0 Å². The van der Waals surface area contributed by atoms with E-state index in [1.807, 2.05) is 6.92 Å². The lowest BCUT2D eigenvalue weighted by Gasteiger charge is -2.03. The third-order valence-electron chi connectivity index (χ3n) is 1.85. The van der Waals surface area contributed by atoms with Crippen LogP contribution in [-0.2, 0) is 11.3 Å². The van der Waals surface area contributed by atoms with Crippen molar-refractivity contribution < 1.29 is 9.26 Å². The van der Waals surface area contributed by atoms with E-state index in [4.69, 9.17) is 9.26 Å². The highest BCUT2D eigenvalue weighted by Crippen LogP contribution is 2.12. The molecule has 80 valence electrons. The predicted molar refractivity (Wildman–Crippen MR) is 51.7 cm³/mol. The Morgan fingerprint density at radius 1 is 1.43 bits per heavy atom. The first-order valence-corrected chi connectivity index (χ1v) is 4.72. The van der Waals surface area contributed by atoms with E-state index in [0.717, 1.165) is 0 Å². The average Bonchev–Trinajstić information content (AvgIpc) is 2.62. The molecule has 5 heteroatoms. The molecule has 1 unspecified atom stereocenters. The van der Waals surface area contributed by atoms with Gasteiger partial charge in [-0.1, -0.05) is 19.0 Å². The van der Waals surface area contributed by atoms with Gasteiger partial charge in [-0.15, -0.1) is 0 Å². The summed E-state index contributed by atoms with van der Waals surface area (Å²) in [4.78, 5) is 4.19. The highest BCUT2D eigenvalue weighted by Gasteiger charge is 2.12. The fraction of sp³-hybridized carbons (Fsp3) is 0.778. The van der Waals surface area contributed by atoms with Crippen molar-refractivity contribution in [3.8, 4) is 0 Å².